The summed E-state index contributed by atoms with van der Waals surface area (Å²) in [6.07, 6.45) is 0. The molecule has 0 aliphatic heterocycles. The minimum atomic E-state index is -0.539. The Hall–Kier alpha value is -3.31. The van der Waals surface area contributed by atoms with E-state index in [9.17, 15) is 25.0 Å². The zero-order chi connectivity index (χ0) is 19.4. The molecule has 0 radical (unpaired) electrons. The average Bonchev–Trinajstić information content (AvgIpc) is 3.30. The van der Waals surface area contributed by atoms with E-state index in [1.165, 1.54) is 24.3 Å². The van der Waals surface area contributed by atoms with Gasteiger partial charge in [0.25, 0.3) is 5.91 Å². The van der Waals surface area contributed by atoms with Crippen LogP contribution in [-0.2, 0) is 6.54 Å². The van der Waals surface area contributed by atoms with Crippen molar-refractivity contribution in [1.82, 2.24) is 5.32 Å². The van der Waals surface area contributed by atoms with Gasteiger partial charge in [-0.25, -0.2) is 0 Å². The third-order valence-corrected chi connectivity index (χ3v) is 5.29. The molecule has 1 amide bonds. The number of thiophene rings is 2. The maximum absolute atomic E-state index is 12.0. The van der Waals surface area contributed by atoms with Crippen LogP contribution in [0.4, 0.5) is 10.0 Å². The Morgan fingerprint density at radius 1 is 0.926 bits per heavy atom. The Morgan fingerprint density at radius 3 is 2.15 bits per heavy atom. The predicted molar refractivity (Wildman–Crippen MR) is 99.6 cm³/mol. The summed E-state index contributed by atoms with van der Waals surface area (Å²) in [4.78, 5) is 32.6. The van der Waals surface area contributed by atoms with Gasteiger partial charge in [-0.1, -0.05) is 23.5 Å². The van der Waals surface area contributed by atoms with E-state index in [1.54, 1.807) is 24.3 Å². The molecule has 9 nitrogen and oxygen atoms in total. The van der Waals surface area contributed by atoms with Crippen LogP contribution in [0, 0.1) is 20.2 Å². The normalized spacial score (nSPS) is 10.4. The van der Waals surface area contributed by atoms with Gasteiger partial charge in [0.1, 0.15) is 5.75 Å². The summed E-state index contributed by atoms with van der Waals surface area (Å²) >= 11 is 1.74. The second-order valence-electron chi connectivity index (χ2n) is 5.17. The number of benzene rings is 1. The van der Waals surface area contributed by atoms with Gasteiger partial charge in [-0.05, 0) is 41.2 Å². The summed E-state index contributed by atoms with van der Waals surface area (Å²) in [5, 5.41) is 24.3. The molecule has 0 saturated heterocycles. The lowest BCUT2D eigenvalue weighted by molar-refractivity contribution is -0.380. The number of nitrogens with zero attached hydrogens (tertiary/aromatic N) is 2. The molecule has 1 N–H and O–H groups in total. The van der Waals surface area contributed by atoms with Crippen LogP contribution in [0.3, 0.4) is 0 Å². The molecule has 0 aliphatic carbocycles. The molecule has 27 heavy (non-hydrogen) atoms. The number of hydrogen-bond acceptors (Lipinski definition) is 8. The lowest BCUT2D eigenvalue weighted by Crippen LogP contribution is -2.21. The van der Waals surface area contributed by atoms with Crippen LogP contribution in [0.25, 0.3) is 0 Å². The van der Waals surface area contributed by atoms with Crippen molar-refractivity contribution >= 4 is 38.6 Å². The number of carbonyl (C=O) groups is 1. The Kier molecular flexibility index (Phi) is 5.43. The first kappa shape index (κ1) is 18.5. The zero-order valence-electron chi connectivity index (χ0n) is 13.5. The Morgan fingerprint density at radius 2 is 1.56 bits per heavy atom. The van der Waals surface area contributed by atoms with Crippen molar-refractivity contribution in [2.24, 2.45) is 0 Å². The van der Waals surface area contributed by atoms with E-state index in [4.69, 9.17) is 4.74 Å². The topological polar surface area (TPSA) is 125 Å². The number of amides is 1. The highest BCUT2D eigenvalue weighted by atomic mass is 32.1. The van der Waals surface area contributed by atoms with E-state index in [0.29, 0.717) is 10.8 Å². The summed E-state index contributed by atoms with van der Waals surface area (Å²) < 4.78 is 5.55. The molecule has 0 fully saturated rings. The lowest BCUT2D eigenvalue weighted by atomic mass is 10.2. The lowest BCUT2D eigenvalue weighted by Gasteiger charge is -2.06. The van der Waals surface area contributed by atoms with Gasteiger partial charge < -0.3 is 10.1 Å². The number of ether oxygens (including phenoxy) is 1. The van der Waals surface area contributed by atoms with Crippen molar-refractivity contribution in [2.75, 3.05) is 0 Å². The second-order valence-corrected chi connectivity index (χ2v) is 7.26. The number of nitro groups is 2. The van der Waals surface area contributed by atoms with Crippen LogP contribution in [0.5, 0.6) is 10.8 Å². The van der Waals surface area contributed by atoms with E-state index in [0.717, 1.165) is 28.2 Å². The minimum absolute atomic E-state index is 0.00172. The van der Waals surface area contributed by atoms with Crippen molar-refractivity contribution in [2.45, 2.75) is 6.54 Å². The molecule has 0 aliphatic rings. The summed E-state index contributed by atoms with van der Waals surface area (Å²) in [5.41, 5.74) is 0.805. The highest BCUT2D eigenvalue weighted by molar-refractivity contribution is 7.17. The summed E-state index contributed by atoms with van der Waals surface area (Å²) in [5.74, 6) is 0.120. The minimum Gasteiger partial charge on any atom is -0.446 e. The first-order chi connectivity index (χ1) is 12.9. The quantitative estimate of drug-likeness (QED) is 0.460. The van der Waals surface area contributed by atoms with Gasteiger partial charge in [-0.2, -0.15) is 0 Å². The Labute approximate surface area is 160 Å². The fourth-order valence-electron chi connectivity index (χ4n) is 2.07. The van der Waals surface area contributed by atoms with Crippen molar-refractivity contribution in [3.05, 3.63) is 79.2 Å². The van der Waals surface area contributed by atoms with Crippen molar-refractivity contribution in [3.63, 3.8) is 0 Å². The number of nitrogens with one attached hydrogen (secondary N) is 1. The third-order valence-electron chi connectivity index (χ3n) is 3.34. The van der Waals surface area contributed by atoms with E-state index in [1.807, 2.05) is 0 Å². The fraction of sp³-hybridized carbons (Fsp3) is 0.0625. The Bertz CT molecular complexity index is 996. The third kappa shape index (κ3) is 4.65. The maximum Gasteiger partial charge on any atom is 0.327 e. The molecule has 2 aromatic heterocycles. The van der Waals surface area contributed by atoms with Crippen molar-refractivity contribution in [3.8, 4) is 10.8 Å². The highest BCUT2D eigenvalue weighted by Gasteiger charge is 2.15. The van der Waals surface area contributed by atoms with Crippen LogP contribution in [-0.4, -0.2) is 15.8 Å². The molecule has 11 heteroatoms. The molecule has 2 heterocycles. The number of hydrogen-bond donors (Lipinski definition) is 1. The van der Waals surface area contributed by atoms with E-state index >= 15 is 0 Å². The van der Waals surface area contributed by atoms with Crippen molar-refractivity contribution < 1.29 is 19.4 Å². The van der Waals surface area contributed by atoms with Gasteiger partial charge >= 0.3 is 10.0 Å². The molecule has 0 unspecified atom stereocenters. The summed E-state index contributed by atoms with van der Waals surface area (Å²) in [6, 6.07) is 12.5. The summed E-state index contributed by atoms with van der Waals surface area (Å²) in [6.45, 7) is 0.245. The highest BCUT2D eigenvalue weighted by Crippen LogP contribution is 2.33. The van der Waals surface area contributed by atoms with Crippen LogP contribution in [0.1, 0.15) is 15.2 Å². The van der Waals surface area contributed by atoms with Crippen LogP contribution in [0.15, 0.2) is 48.5 Å². The monoisotopic (exact) mass is 405 g/mol. The van der Waals surface area contributed by atoms with Gasteiger partial charge in [-0.3, -0.25) is 25.0 Å². The first-order valence-electron chi connectivity index (χ1n) is 7.46. The van der Waals surface area contributed by atoms with Crippen LogP contribution < -0.4 is 10.1 Å². The van der Waals surface area contributed by atoms with Crippen molar-refractivity contribution in [1.29, 1.82) is 0 Å². The van der Waals surface area contributed by atoms with Crippen LogP contribution in [0.2, 0.25) is 0 Å². The van der Waals surface area contributed by atoms with Gasteiger partial charge in [0.05, 0.1) is 14.7 Å². The molecule has 0 atom stereocenters. The molecule has 0 bridgehead atoms. The fourth-order valence-corrected chi connectivity index (χ4v) is 3.50. The molecule has 0 saturated carbocycles. The standard InChI is InChI=1S/C16H11N3O6S2/c20-16(12-5-6-13(26-12)18(21)22)17-9-10-1-3-11(4-2-10)25-15-8-7-14(27-15)19(23)24/h1-8H,9H2,(H,17,20). The Balaban J connectivity index is 1.56. The molecule has 3 rings (SSSR count). The second kappa shape index (κ2) is 7.93. The van der Waals surface area contributed by atoms with Gasteiger partial charge in [0.15, 0.2) is 5.06 Å². The smallest absolute Gasteiger partial charge is 0.327 e. The zero-order valence-corrected chi connectivity index (χ0v) is 15.1. The number of rotatable bonds is 7. The van der Waals surface area contributed by atoms with Crippen LogP contribution >= 0.6 is 22.7 Å². The maximum atomic E-state index is 12.0. The van der Waals surface area contributed by atoms with Gasteiger partial charge in [-0.15, -0.1) is 0 Å². The summed E-state index contributed by atoms with van der Waals surface area (Å²) in [7, 11) is 0. The predicted octanol–water partition coefficient (Wildman–Crippen LogP) is 4.35. The SMILES string of the molecule is O=C(NCc1ccc(Oc2ccc([N+](=O)[O-])s2)cc1)c1ccc([N+](=O)[O-])s1. The largest absolute Gasteiger partial charge is 0.446 e. The van der Waals surface area contributed by atoms with Gasteiger partial charge in [0, 0.05) is 18.7 Å². The molecule has 3 aromatic rings. The molecular formula is C16H11N3O6S2. The molecular weight excluding hydrogens is 394 g/mol. The molecule has 0 spiro atoms. The average molecular weight is 405 g/mol. The molecule has 138 valence electrons. The van der Waals surface area contributed by atoms with Gasteiger partial charge in [0.2, 0.25) is 0 Å². The first-order valence-corrected chi connectivity index (χ1v) is 9.09. The van der Waals surface area contributed by atoms with E-state index in [-0.39, 0.29) is 27.3 Å². The van der Waals surface area contributed by atoms with E-state index in [2.05, 4.69) is 5.32 Å². The molecule has 1 aromatic carbocycles. The van der Waals surface area contributed by atoms with E-state index < -0.39 is 9.85 Å². The number of carbonyl (C=O) groups excluding carboxylic acids is 1.